The molecule has 0 fully saturated rings. The van der Waals surface area contributed by atoms with Crippen LogP contribution in [0.2, 0.25) is 0 Å². The van der Waals surface area contributed by atoms with Crippen molar-refractivity contribution in [2.24, 2.45) is 0 Å². The molecule has 0 saturated heterocycles. The van der Waals surface area contributed by atoms with Gasteiger partial charge in [-0.25, -0.2) is 8.78 Å². The number of hydrogen-bond acceptors (Lipinski definition) is 2. The predicted molar refractivity (Wildman–Crippen MR) is 133 cm³/mol. The summed E-state index contributed by atoms with van der Waals surface area (Å²) in [5, 5.41) is 1.63. The second kappa shape index (κ2) is 11.1. The lowest BCUT2D eigenvalue weighted by molar-refractivity contribution is -0.348. The molecule has 0 aliphatic carbocycles. The molecule has 41 heavy (non-hydrogen) atoms. The van der Waals surface area contributed by atoms with Crippen LogP contribution in [-0.4, -0.2) is 31.2 Å². The first-order valence-corrected chi connectivity index (χ1v) is 12.0. The third-order valence-corrected chi connectivity index (χ3v) is 6.57. The van der Waals surface area contributed by atoms with E-state index in [0.717, 1.165) is 52.7 Å². The highest BCUT2D eigenvalue weighted by Gasteiger charge is 2.73. The third kappa shape index (κ3) is 6.11. The van der Waals surface area contributed by atoms with Crippen molar-refractivity contribution in [1.82, 2.24) is 0 Å². The summed E-state index contributed by atoms with van der Waals surface area (Å²) in [6, 6.07) is 9.51. The Kier molecular flexibility index (Phi) is 8.68. The zero-order valence-electron chi connectivity index (χ0n) is 20.1. The van der Waals surface area contributed by atoms with Gasteiger partial charge in [-0.3, -0.25) is 9.59 Å². The molecule has 2 amide bonds. The highest BCUT2D eigenvalue weighted by molar-refractivity contribution is 14.1. The zero-order valence-corrected chi connectivity index (χ0v) is 22.2. The van der Waals surface area contributed by atoms with Crippen LogP contribution in [-0.2, 0) is 11.8 Å². The van der Waals surface area contributed by atoms with Crippen LogP contribution in [0, 0.1) is 9.39 Å². The maximum absolute atomic E-state index is 15.3. The second-order valence-electron chi connectivity index (χ2n) is 8.36. The fourth-order valence-electron chi connectivity index (χ4n) is 3.66. The van der Waals surface area contributed by atoms with E-state index in [1.165, 1.54) is 24.3 Å². The molecule has 1 N–H and O–H groups in total. The van der Waals surface area contributed by atoms with E-state index in [9.17, 15) is 53.5 Å². The molecule has 0 aromatic heterocycles. The summed E-state index contributed by atoms with van der Waals surface area (Å²) in [5.41, 5.74) is -13.5. The highest BCUT2D eigenvalue weighted by atomic mass is 127. The molecule has 16 heteroatoms. The molecule has 3 aromatic carbocycles. The molecule has 0 atom stereocenters. The number of amides is 2. The average molecular weight is 710 g/mol. The van der Waals surface area contributed by atoms with Gasteiger partial charge in [0, 0.05) is 21.7 Å². The minimum absolute atomic E-state index is 0.121. The van der Waals surface area contributed by atoms with E-state index in [1.54, 1.807) is 11.4 Å². The van der Waals surface area contributed by atoms with Crippen molar-refractivity contribution in [2.75, 3.05) is 17.3 Å². The quantitative estimate of drug-likeness (QED) is 0.214. The Morgan fingerprint density at radius 1 is 0.805 bits per heavy atom. The third-order valence-electron chi connectivity index (χ3n) is 5.72. The van der Waals surface area contributed by atoms with Gasteiger partial charge >= 0.3 is 24.2 Å². The lowest BCUT2D eigenvalue weighted by atomic mass is 9.92. The second-order valence-corrected chi connectivity index (χ2v) is 9.52. The molecule has 3 aromatic rings. The number of halogens is 12. The fraction of sp³-hybridized carbons (Fsp3) is 0.200. The molecule has 4 nitrogen and oxygen atoms in total. The first kappa shape index (κ1) is 32.1. The van der Waals surface area contributed by atoms with E-state index in [1.807, 2.05) is 0 Å². The van der Waals surface area contributed by atoms with Crippen molar-refractivity contribution in [3.05, 3.63) is 92.3 Å². The van der Waals surface area contributed by atoms with Crippen molar-refractivity contribution < 1.29 is 57.9 Å². The minimum atomic E-state index is -6.70. The molecule has 0 unspecified atom stereocenters. The first-order chi connectivity index (χ1) is 18.7. The molecular weight excluding hydrogens is 696 g/mol. The number of benzene rings is 3. The van der Waals surface area contributed by atoms with Gasteiger partial charge in [-0.2, -0.15) is 39.5 Å². The number of rotatable bonds is 5. The maximum Gasteiger partial charge on any atom is 0.435 e. The Hall–Kier alpha value is -3.44. The van der Waals surface area contributed by atoms with Crippen LogP contribution in [0.3, 0.4) is 0 Å². The van der Waals surface area contributed by atoms with Crippen LogP contribution < -0.4 is 10.2 Å². The van der Waals surface area contributed by atoms with Crippen LogP contribution in [0.15, 0.2) is 60.7 Å². The highest BCUT2D eigenvalue weighted by Crippen LogP contribution is 2.54. The van der Waals surface area contributed by atoms with Crippen molar-refractivity contribution in [3.8, 4) is 0 Å². The number of alkyl halides is 10. The lowest BCUT2D eigenvalue weighted by Gasteiger charge is -2.31. The summed E-state index contributed by atoms with van der Waals surface area (Å²) < 4.78 is 149. The Balaban J connectivity index is 2.08. The molecule has 0 aliphatic heterocycles. The molecule has 0 heterocycles. The maximum atomic E-state index is 15.3. The molecule has 0 radical (unpaired) electrons. The fourth-order valence-corrected chi connectivity index (χ4v) is 4.42. The van der Waals surface area contributed by atoms with Gasteiger partial charge in [0.1, 0.15) is 0 Å². The van der Waals surface area contributed by atoms with Crippen molar-refractivity contribution in [3.63, 3.8) is 0 Å². The molecule has 0 saturated carbocycles. The molecular formula is C25H14F11IN2O2. The van der Waals surface area contributed by atoms with Crippen LogP contribution >= 0.6 is 22.6 Å². The standard InChI is InChI=1S/C25H14F11IN2O2/c1-39(21(41)12-6-3-2-4-7-12)17-9-5-8-14(18(17)26)20(40)38-19-15(23(28,29)30)10-13(11-16(19)37)22(27,24(31,32)33)25(34,35)36/h2-11H,1H3,(H,38,40). The van der Waals surface area contributed by atoms with Crippen LogP contribution in [0.5, 0.6) is 0 Å². The number of carbonyl (C=O) groups is 2. The Bertz CT molecular complexity index is 1460. The Morgan fingerprint density at radius 3 is 1.88 bits per heavy atom. The van der Waals surface area contributed by atoms with E-state index in [4.69, 9.17) is 0 Å². The van der Waals surface area contributed by atoms with E-state index >= 15 is 4.39 Å². The van der Waals surface area contributed by atoms with Crippen LogP contribution in [0.4, 0.5) is 59.7 Å². The molecule has 0 spiro atoms. The topological polar surface area (TPSA) is 49.4 Å². The van der Waals surface area contributed by atoms with Crippen molar-refractivity contribution in [1.29, 1.82) is 0 Å². The number of nitrogens with zero attached hydrogens (tertiary/aromatic N) is 1. The van der Waals surface area contributed by atoms with Crippen LogP contribution in [0.25, 0.3) is 0 Å². The monoisotopic (exact) mass is 710 g/mol. The van der Waals surface area contributed by atoms with Gasteiger partial charge in [0.15, 0.2) is 5.82 Å². The summed E-state index contributed by atoms with van der Waals surface area (Å²) >= 11 is 0.879. The number of hydrogen-bond donors (Lipinski definition) is 1. The summed E-state index contributed by atoms with van der Waals surface area (Å²) in [6.45, 7) is 0. The van der Waals surface area contributed by atoms with Crippen LogP contribution in [0.1, 0.15) is 31.8 Å². The smallest absolute Gasteiger partial charge is 0.320 e. The molecule has 0 aliphatic rings. The Morgan fingerprint density at radius 2 is 1.37 bits per heavy atom. The average Bonchev–Trinajstić information content (AvgIpc) is 2.86. The van der Waals surface area contributed by atoms with Gasteiger partial charge in [0.05, 0.1) is 22.5 Å². The summed E-state index contributed by atoms with van der Waals surface area (Å²) in [4.78, 5) is 26.3. The van der Waals surface area contributed by atoms with Gasteiger partial charge in [-0.15, -0.1) is 0 Å². The summed E-state index contributed by atoms with van der Waals surface area (Å²) in [7, 11) is 1.14. The first-order valence-electron chi connectivity index (χ1n) is 10.9. The van der Waals surface area contributed by atoms with Crippen molar-refractivity contribution in [2.45, 2.75) is 24.2 Å². The van der Waals surface area contributed by atoms with Gasteiger partial charge in [0.25, 0.3) is 11.8 Å². The minimum Gasteiger partial charge on any atom is -0.320 e. The largest absolute Gasteiger partial charge is 0.435 e. The normalized spacial score (nSPS) is 12.7. The molecule has 220 valence electrons. The summed E-state index contributed by atoms with van der Waals surface area (Å²) in [5.74, 6) is -3.70. The number of carbonyl (C=O) groups excluding carboxylic acids is 2. The van der Waals surface area contributed by atoms with Gasteiger partial charge in [0.2, 0.25) is 0 Å². The molecule has 3 rings (SSSR count). The van der Waals surface area contributed by atoms with E-state index in [0.29, 0.717) is 0 Å². The van der Waals surface area contributed by atoms with Gasteiger partial charge in [-0.05, 0) is 59.0 Å². The van der Waals surface area contributed by atoms with Gasteiger partial charge < -0.3 is 10.2 Å². The van der Waals surface area contributed by atoms with E-state index in [-0.39, 0.29) is 11.6 Å². The van der Waals surface area contributed by atoms with Crippen molar-refractivity contribution >= 4 is 45.8 Å². The van der Waals surface area contributed by atoms with E-state index in [2.05, 4.69) is 0 Å². The zero-order chi connectivity index (χ0) is 31.1. The Labute approximate surface area is 237 Å². The predicted octanol–water partition coefficient (Wildman–Crippen LogP) is 8.27. The van der Waals surface area contributed by atoms with E-state index < -0.39 is 79.5 Å². The summed E-state index contributed by atoms with van der Waals surface area (Å²) in [6.07, 6.45) is -19.1. The number of nitrogens with one attached hydrogen (secondary N) is 1. The SMILES string of the molecule is CN(C(=O)c1ccccc1)c1cccc(C(=O)Nc2c(I)cc(C(F)(C(F)(F)F)C(F)(F)F)cc2C(F)(F)F)c1F. The number of anilines is 2. The molecule has 0 bridgehead atoms. The lowest BCUT2D eigenvalue weighted by Crippen LogP contribution is -2.50. The van der Waals surface area contributed by atoms with Gasteiger partial charge in [-0.1, -0.05) is 24.3 Å².